The summed E-state index contributed by atoms with van der Waals surface area (Å²) in [7, 11) is 0. The van der Waals surface area contributed by atoms with Crippen LogP contribution >= 0.6 is 0 Å². The van der Waals surface area contributed by atoms with Crippen molar-refractivity contribution >= 4 is 5.91 Å². The van der Waals surface area contributed by atoms with Gasteiger partial charge in [-0.15, -0.1) is 0 Å². The summed E-state index contributed by atoms with van der Waals surface area (Å²) < 4.78 is 0. The summed E-state index contributed by atoms with van der Waals surface area (Å²) in [5.74, 6) is 0.781. The number of amides is 1. The van der Waals surface area contributed by atoms with Crippen molar-refractivity contribution in [2.24, 2.45) is 0 Å². The van der Waals surface area contributed by atoms with Crippen LogP contribution in [0.5, 0.6) is 5.75 Å². The van der Waals surface area contributed by atoms with Crippen LogP contribution in [0.2, 0.25) is 0 Å². The van der Waals surface area contributed by atoms with E-state index in [4.69, 9.17) is 0 Å². The molecule has 2 rings (SSSR count). The largest absolute Gasteiger partial charge is 0.508 e. The van der Waals surface area contributed by atoms with Gasteiger partial charge in [-0.1, -0.05) is 12.1 Å². The number of hydrogen-bond acceptors (Lipinski definition) is 3. The van der Waals surface area contributed by atoms with Crippen molar-refractivity contribution in [3.05, 3.63) is 48.0 Å². The molecule has 1 unspecified atom stereocenters. The number of rotatable bonds is 4. The molecule has 94 valence electrons. The van der Waals surface area contributed by atoms with Gasteiger partial charge >= 0.3 is 0 Å². The molecule has 1 amide bonds. The predicted molar refractivity (Wildman–Crippen MR) is 67.0 cm³/mol. The van der Waals surface area contributed by atoms with Crippen molar-refractivity contribution in [3.8, 4) is 5.75 Å². The van der Waals surface area contributed by atoms with Crippen molar-refractivity contribution in [3.63, 3.8) is 0 Å². The molecule has 0 spiro atoms. The van der Waals surface area contributed by atoms with Crippen LogP contribution in [0, 0.1) is 0 Å². The number of imidazole rings is 1. The molecule has 3 N–H and O–H groups in total. The zero-order chi connectivity index (χ0) is 13.0. The van der Waals surface area contributed by atoms with Gasteiger partial charge in [-0.2, -0.15) is 0 Å². The summed E-state index contributed by atoms with van der Waals surface area (Å²) in [6.07, 6.45) is 3.60. The van der Waals surface area contributed by atoms with Crippen LogP contribution in [0.25, 0.3) is 0 Å². The van der Waals surface area contributed by atoms with E-state index < -0.39 is 0 Å². The van der Waals surface area contributed by atoms with Crippen LogP contribution in [0.3, 0.4) is 0 Å². The molecule has 5 nitrogen and oxygen atoms in total. The summed E-state index contributed by atoms with van der Waals surface area (Å²) in [6, 6.07) is 6.51. The van der Waals surface area contributed by atoms with Crippen LogP contribution in [0.15, 0.2) is 36.7 Å². The highest BCUT2D eigenvalue weighted by Gasteiger charge is 2.11. The molecule has 0 saturated heterocycles. The van der Waals surface area contributed by atoms with Crippen molar-refractivity contribution in [2.75, 3.05) is 0 Å². The number of phenolic OH excluding ortho intramolecular Hbond substituents is 1. The third kappa shape index (κ3) is 3.10. The molecular formula is C13H15N3O2. The van der Waals surface area contributed by atoms with E-state index in [9.17, 15) is 9.90 Å². The molecule has 18 heavy (non-hydrogen) atoms. The monoisotopic (exact) mass is 245 g/mol. The van der Waals surface area contributed by atoms with Gasteiger partial charge in [0.1, 0.15) is 11.6 Å². The summed E-state index contributed by atoms with van der Waals surface area (Å²) in [6.45, 7) is 1.86. The molecule has 0 aliphatic heterocycles. The van der Waals surface area contributed by atoms with Gasteiger partial charge in [-0.05, 0) is 24.6 Å². The first kappa shape index (κ1) is 12.2. The summed E-state index contributed by atoms with van der Waals surface area (Å²) in [4.78, 5) is 18.8. The number of phenols is 1. The lowest BCUT2D eigenvalue weighted by Crippen LogP contribution is -2.28. The molecule has 0 bridgehead atoms. The average molecular weight is 245 g/mol. The Hall–Kier alpha value is -2.30. The zero-order valence-electron chi connectivity index (χ0n) is 10.1. The molecule has 5 heteroatoms. The molecule has 1 heterocycles. The number of hydrogen-bond donors (Lipinski definition) is 3. The maximum absolute atomic E-state index is 11.8. The van der Waals surface area contributed by atoms with E-state index in [1.54, 1.807) is 36.7 Å². The van der Waals surface area contributed by atoms with Crippen molar-refractivity contribution in [1.82, 2.24) is 15.3 Å². The number of aromatic amines is 1. The van der Waals surface area contributed by atoms with E-state index in [-0.39, 0.29) is 24.1 Å². The Bertz CT molecular complexity index is 523. The second-order valence-corrected chi connectivity index (χ2v) is 4.11. The third-order valence-corrected chi connectivity index (χ3v) is 2.58. The first-order valence-corrected chi connectivity index (χ1v) is 5.71. The van der Waals surface area contributed by atoms with Gasteiger partial charge in [-0.3, -0.25) is 4.79 Å². The van der Waals surface area contributed by atoms with Crippen molar-refractivity contribution in [2.45, 2.75) is 19.4 Å². The number of nitrogens with zero attached hydrogens (tertiary/aromatic N) is 1. The van der Waals surface area contributed by atoms with Gasteiger partial charge in [0.2, 0.25) is 5.91 Å². The SMILES string of the molecule is CC(NC(=O)Cc1cccc(O)c1)c1ncc[nH]1. The van der Waals surface area contributed by atoms with Crippen LogP contribution in [-0.2, 0) is 11.2 Å². The molecule has 0 aliphatic carbocycles. The lowest BCUT2D eigenvalue weighted by molar-refractivity contribution is -0.121. The topological polar surface area (TPSA) is 78.0 Å². The lowest BCUT2D eigenvalue weighted by Gasteiger charge is -2.11. The Morgan fingerprint density at radius 3 is 3.06 bits per heavy atom. The van der Waals surface area contributed by atoms with Gasteiger partial charge in [0.15, 0.2) is 0 Å². The minimum atomic E-state index is -0.162. The smallest absolute Gasteiger partial charge is 0.224 e. The van der Waals surface area contributed by atoms with Gasteiger partial charge in [0.05, 0.1) is 12.5 Å². The number of benzene rings is 1. The Labute approximate surface area is 105 Å². The van der Waals surface area contributed by atoms with Gasteiger partial charge in [0, 0.05) is 12.4 Å². The normalized spacial score (nSPS) is 12.1. The van der Waals surface area contributed by atoms with Crippen LogP contribution < -0.4 is 5.32 Å². The number of aromatic hydroxyl groups is 1. The molecule has 0 fully saturated rings. The molecular weight excluding hydrogens is 230 g/mol. The minimum Gasteiger partial charge on any atom is -0.508 e. The molecule has 1 atom stereocenters. The number of nitrogens with one attached hydrogen (secondary N) is 2. The number of carbonyl (C=O) groups excluding carboxylic acids is 1. The predicted octanol–water partition coefficient (Wildman–Crippen LogP) is 1.54. The second-order valence-electron chi connectivity index (χ2n) is 4.11. The molecule has 2 aromatic rings. The van der Waals surface area contributed by atoms with E-state index in [1.807, 2.05) is 6.92 Å². The third-order valence-electron chi connectivity index (χ3n) is 2.58. The highest BCUT2D eigenvalue weighted by atomic mass is 16.3. The van der Waals surface area contributed by atoms with Gasteiger partial charge in [0.25, 0.3) is 0 Å². The van der Waals surface area contributed by atoms with E-state index in [0.717, 1.165) is 11.4 Å². The molecule has 0 aliphatic rings. The van der Waals surface area contributed by atoms with Crippen molar-refractivity contribution in [1.29, 1.82) is 0 Å². The Balaban J connectivity index is 1.93. The standard InChI is InChI=1S/C13H15N3O2/c1-9(13-14-5-6-15-13)16-12(18)8-10-3-2-4-11(17)7-10/h2-7,9,17H,8H2,1H3,(H,14,15)(H,16,18). The van der Waals surface area contributed by atoms with E-state index in [1.165, 1.54) is 0 Å². The Morgan fingerprint density at radius 2 is 2.39 bits per heavy atom. The van der Waals surface area contributed by atoms with Crippen molar-refractivity contribution < 1.29 is 9.90 Å². The second kappa shape index (κ2) is 5.35. The maximum atomic E-state index is 11.8. The van der Waals surface area contributed by atoms with Gasteiger partial charge < -0.3 is 15.4 Å². The number of aromatic nitrogens is 2. The first-order chi connectivity index (χ1) is 8.65. The summed E-state index contributed by atoms with van der Waals surface area (Å²) in [5.41, 5.74) is 0.777. The molecule has 0 saturated carbocycles. The fourth-order valence-electron chi connectivity index (χ4n) is 1.73. The average Bonchev–Trinajstić information content (AvgIpc) is 2.81. The molecule has 1 aromatic heterocycles. The number of H-pyrrole nitrogens is 1. The fourth-order valence-corrected chi connectivity index (χ4v) is 1.73. The van der Waals surface area contributed by atoms with Crippen LogP contribution in [0.1, 0.15) is 24.4 Å². The highest BCUT2D eigenvalue weighted by molar-refractivity contribution is 5.79. The quantitative estimate of drug-likeness (QED) is 0.764. The van der Waals surface area contributed by atoms with E-state index in [2.05, 4.69) is 15.3 Å². The maximum Gasteiger partial charge on any atom is 0.224 e. The number of carbonyl (C=O) groups is 1. The van der Waals surface area contributed by atoms with E-state index in [0.29, 0.717) is 0 Å². The first-order valence-electron chi connectivity index (χ1n) is 5.71. The minimum absolute atomic E-state index is 0.107. The highest BCUT2D eigenvalue weighted by Crippen LogP contribution is 2.12. The fraction of sp³-hybridized carbons (Fsp3) is 0.231. The summed E-state index contributed by atoms with van der Waals surface area (Å²) >= 11 is 0. The van der Waals surface area contributed by atoms with Crippen LogP contribution in [-0.4, -0.2) is 21.0 Å². The zero-order valence-corrected chi connectivity index (χ0v) is 10.1. The lowest BCUT2D eigenvalue weighted by atomic mass is 10.1. The summed E-state index contributed by atoms with van der Waals surface area (Å²) in [5, 5.41) is 12.1. The van der Waals surface area contributed by atoms with Crippen LogP contribution in [0.4, 0.5) is 0 Å². The Kier molecular flexibility index (Phi) is 3.62. The molecule has 0 radical (unpaired) electrons. The molecule has 1 aromatic carbocycles. The van der Waals surface area contributed by atoms with Gasteiger partial charge in [-0.25, -0.2) is 4.98 Å². The van der Waals surface area contributed by atoms with E-state index >= 15 is 0 Å². The Morgan fingerprint density at radius 1 is 1.56 bits per heavy atom.